The van der Waals surface area contributed by atoms with Crippen LogP contribution >= 0.6 is 0 Å². The zero-order valence-corrected chi connectivity index (χ0v) is 25.8. The van der Waals surface area contributed by atoms with Gasteiger partial charge in [0.15, 0.2) is 0 Å². The van der Waals surface area contributed by atoms with Crippen molar-refractivity contribution >= 4 is 11.9 Å². The van der Waals surface area contributed by atoms with Gasteiger partial charge >= 0.3 is 11.9 Å². The molecule has 0 radical (unpaired) electrons. The lowest BCUT2D eigenvalue weighted by Crippen LogP contribution is -2.53. The summed E-state index contributed by atoms with van der Waals surface area (Å²) in [4.78, 5) is 29.5. The number of piperazine rings is 1. The van der Waals surface area contributed by atoms with E-state index >= 15 is 0 Å². The Kier molecular flexibility index (Phi) is 10.4. The van der Waals surface area contributed by atoms with Crippen molar-refractivity contribution in [2.75, 3.05) is 32.8 Å². The first-order valence-electron chi connectivity index (χ1n) is 15.4. The summed E-state index contributed by atoms with van der Waals surface area (Å²) < 4.78 is 11.3. The minimum absolute atomic E-state index is 0.0655. The normalized spacial score (nSPS) is 18.7. The highest BCUT2D eigenvalue weighted by atomic mass is 16.5. The highest BCUT2D eigenvalue weighted by Gasteiger charge is 2.39. The molecule has 2 heterocycles. The Morgan fingerprint density at radius 2 is 1.64 bits per heavy atom. The van der Waals surface area contributed by atoms with Crippen LogP contribution in [0.3, 0.4) is 0 Å². The molecule has 3 aromatic rings. The van der Waals surface area contributed by atoms with Gasteiger partial charge < -0.3 is 25.8 Å². The maximum atomic E-state index is 13.9. The van der Waals surface area contributed by atoms with Gasteiger partial charge in [-0.25, -0.2) is 9.59 Å². The number of nitrogens with one attached hydrogen (secondary N) is 2. The predicted octanol–water partition coefficient (Wildman–Crippen LogP) is 4.36. The molecule has 0 bridgehead atoms. The summed E-state index contributed by atoms with van der Waals surface area (Å²) in [5.74, 6) is 0.828. The van der Waals surface area contributed by atoms with Gasteiger partial charge in [-0.2, -0.15) is 0 Å². The molecule has 0 amide bonds. The van der Waals surface area contributed by atoms with Crippen LogP contribution in [0.4, 0.5) is 0 Å². The van der Waals surface area contributed by atoms with Gasteiger partial charge in [0, 0.05) is 36.9 Å². The van der Waals surface area contributed by atoms with Gasteiger partial charge in [-0.15, -0.1) is 6.42 Å². The fourth-order valence-corrected chi connectivity index (χ4v) is 6.30. The van der Waals surface area contributed by atoms with Gasteiger partial charge in [-0.05, 0) is 49.1 Å². The van der Waals surface area contributed by atoms with Crippen LogP contribution in [0.5, 0.6) is 0 Å². The van der Waals surface area contributed by atoms with E-state index in [1.165, 1.54) is 11.1 Å². The monoisotopic (exact) mass is 604 g/mol. The highest BCUT2D eigenvalue weighted by Crippen LogP contribution is 2.39. The Labute approximate surface area is 265 Å². The second kappa shape index (κ2) is 14.8. The molecule has 3 aromatic carbocycles. The molecule has 8 heteroatoms. The third kappa shape index (κ3) is 7.12. The number of hydrogen-bond acceptors (Lipinski definition) is 8. The van der Waals surface area contributed by atoms with Crippen LogP contribution in [-0.4, -0.2) is 55.7 Å². The van der Waals surface area contributed by atoms with E-state index in [9.17, 15) is 9.59 Å². The van der Waals surface area contributed by atoms with Crippen LogP contribution in [0, 0.1) is 12.3 Å². The summed E-state index contributed by atoms with van der Waals surface area (Å²) in [6.07, 6.45) is 6.30. The topological polar surface area (TPSA) is 106 Å². The minimum atomic E-state index is -0.806. The van der Waals surface area contributed by atoms with Crippen LogP contribution in [0.2, 0.25) is 0 Å². The van der Waals surface area contributed by atoms with Crippen LogP contribution in [0.25, 0.3) is 0 Å². The van der Waals surface area contributed by atoms with Gasteiger partial charge in [0.2, 0.25) is 0 Å². The molecule has 2 aliphatic rings. The molecule has 2 aliphatic heterocycles. The molecule has 0 saturated carbocycles. The number of ether oxygens (including phenoxy) is 2. The van der Waals surface area contributed by atoms with Crippen molar-refractivity contribution in [1.82, 2.24) is 15.5 Å². The van der Waals surface area contributed by atoms with E-state index in [1.807, 2.05) is 18.2 Å². The van der Waals surface area contributed by atoms with Crippen LogP contribution in [0.15, 0.2) is 108 Å². The number of esters is 2. The third-order valence-corrected chi connectivity index (χ3v) is 8.34. The standard InChI is InChI=1S/C37H40N4O4/c1-4-26-13-12-18-29(23-26)32-31(25(3)40-35(38)33(32)37(43)44-5-2)36(42)45-22-19-30-24-39-20-21-41(30)34(27-14-8-6-9-15-27)28-16-10-7-11-17-28/h1,6-18,23,30,32,34,39-40H,5,19-22,24,38H2,2-3H3. The quantitative estimate of drug-likeness (QED) is 0.232. The fourth-order valence-electron chi connectivity index (χ4n) is 6.30. The van der Waals surface area contributed by atoms with E-state index in [0.29, 0.717) is 28.8 Å². The SMILES string of the molecule is C#Cc1cccc(C2C(C(=O)OCCC3CNCCN3C(c3ccccc3)c3ccccc3)=C(C)NC(N)=C2C(=O)OCC)c1. The molecule has 45 heavy (non-hydrogen) atoms. The Balaban J connectivity index is 1.38. The summed E-state index contributed by atoms with van der Waals surface area (Å²) in [6.45, 7) is 6.31. The van der Waals surface area contributed by atoms with Crippen LogP contribution in [0.1, 0.15) is 54.5 Å². The number of nitrogens with zero attached hydrogens (tertiary/aromatic N) is 1. The Bertz CT molecular complexity index is 1570. The lowest BCUT2D eigenvalue weighted by Gasteiger charge is -2.42. The Morgan fingerprint density at radius 1 is 0.978 bits per heavy atom. The van der Waals surface area contributed by atoms with E-state index in [4.69, 9.17) is 21.6 Å². The second-order valence-electron chi connectivity index (χ2n) is 11.2. The van der Waals surface area contributed by atoms with Gasteiger partial charge in [-0.3, -0.25) is 4.90 Å². The number of dihydropyridines is 1. The number of carbonyl (C=O) groups excluding carboxylic acids is 2. The summed E-state index contributed by atoms with van der Waals surface area (Å²) in [6, 6.07) is 28.4. The number of nitrogens with two attached hydrogens (primary N) is 1. The summed E-state index contributed by atoms with van der Waals surface area (Å²) in [5.41, 5.74) is 11.0. The van der Waals surface area contributed by atoms with E-state index < -0.39 is 17.9 Å². The average Bonchev–Trinajstić information content (AvgIpc) is 3.06. The van der Waals surface area contributed by atoms with Crippen molar-refractivity contribution in [3.63, 3.8) is 0 Å². The molecule has 5 rings (SSSR count). The maximum absolute atomic E-state index is 13.9. The summed E-state index contributed by atoms with van der Waals surface area (Å²) >= 11 is 0. The van der Waals surface area contributed by atoms with Crippen molar-refractivity contribution < 1.29 is 19.1 Å². The smallest absolute Gasteiger partial charge is 0.338 e. The first kappa shape index (κ1) is 31.6. The Morgan fingerprint density at radius 3 is 2.29 bits per heavy atom. The molecule has 0 aliphatic carbocycles. The minimum Gasteiger partial charge on any atom is -0.463 e. The molecule has 1 fully saturated rings. The number of rotatable bonds is 10. The van der Waals surface area contributed by atoms with Crippen LogP contribution in [-0.2, 0) is 19.1 Å². The summed E-state index contributed by atoms with van der Waals surface area (Å²) in [7, 11) is 0. The highest BCUT2D eigenvalue weighted by molar-refractivity contribution is 5.99. The second-order valence-corrected chi connectivity index (χ2v) is 11.2. The van der Waals surface area contributed by atoms with Gasteiger partial charge in [-0.1, -0.05) is 78.7 Å². The van der Waals surface area contributed by atoms with Crippen molar-refractivity contribution in [1.29, 1.82) is 0 Å². The Hall–Kier alpha value is -4.84. The van der Waals surface area contributed by atoms with E-state index in [2.05, 4.69) is 70.0 Å². The van der Waals surface area contributed by atoms with Gasteiger partial charge in [0.05, 0.1) is 36.3 Å². The fraction of sp³-hybridized carbons (Fsp3) is 0.297. The number of terminal acetylenes is 1. The number of benzene rings is 3. The average molecular weight is 605 g/mol. The van der Waals surface area contributed by atoms with Gasteiger partial charge in [0.25, 0.3) is 0 Å². The lowest BCUT2D eigenvalue weighted by atomic mass is 9.81. The molecule has 0 spiro atoms. The van der Waals surface area contributed by atoms with Crippen LogP contribution < -0.4 is 16.4 Å². The summed E-state index contributed by atoms with van der Waals surface area (Å²) in [5, 5.41) is 6.52. The molecule has 2 unspecified atom stereocenters. The van der Waals surface area contributed by atoms with E-state index in [0.717, 1.165) is 19.6 Å². The number of carbonyl (C=O) groups is 2. The van der Waals surface area contributed by atoms with Crippen molar-refractivity contribution in [2.24, 2.45) is 5.73 Å². The van der Waals surface area contributed by atoms with Crippen molar-refractivity contribution in [3.05, 3.63) is 130 Å². The van der Waals surface area contributed by atoms with E-state index in [-0.39, 0.29) is 36.7 Å². The zero-order chi connectivity index (χ0) is 31.8. The number of hydrogen-bond donors (Lipinski definition) is 3. The van der Waals surface area contributed by atoms with Gasteiger partial charge in [0.1, 0.15) is 5.82 Å². The maximum Gasteiger partial charge on any atom is 0.338 e. The molecule has 2 atom stereocenters. The molecule has 232 valence electrons. The lowest BCUT2D eigenvalue weighted by molar-refractivity contribution is -0.140. The van der Waals surface area contributed by atoms with E-state index in [1.54, 1.807) is 32.0 Å². The molecule has 0 aromatic heterocycles. The van der Waals surface area contributed by atoms with Crippen molar-refractivity contribution in [3.8, 4) is 12.3 Å². The third-order valence-electron chi connectivity index (χ3n) is 8.34. The predicted molar refractivity (Wildman–Crippen MR) is 174 cm³/mol. The first-order chi connectivity index (χ1) is 21.9. The first-order valence-corrected chi connectivity index (χ1v) is 15.4. The van der Waals surface area contributed by atoms with Crippen molar-refractivity contribution in [2.45, 2.75) is 38.3 Å². The molecule has 1 saturated heterocycles. The molecule has 8 nitrogen and oxygen atoms in total. The zero-order valence-electron chi connectivity index (χ0n) is 25.8. The molecule has 4 N–H and O–H groups in total. The molecular weight excluding hydrogens is 564 g/mol. The molecular formula is C37H40N4O4. The largest absolute Gasteiger partial charge is 0.463 e. The number of allylic oxidation sites excluding steroid dienone is 1.